The molecule has 0 radical (unpaired) electrons. The minimum atomic E-state index is -0.559. The highest BCUT2D eigenvalue weighted by atomic mass is 19.1. The summed E-state index contributed by atoms with van der Waals surface area (Å²) >= 11 is 0. The van der Waals surface area contributed by atoms with Crippen molar-refractivity contribution in [1.82, 2.24) is 20.0 Å². The van der Waals surface area contributed by atoms with Crippen molar-refractivity contribution in [3.8, 4) is 0 Å². The van der Waals surface area contributed by atoms with Gasteiger partial charge < -0.3 is 14.6 Å². The lowest BCUT2D eigenvalue weighted by atomic mass is 9.91. The van der Waals surface area contributed by atoms with Gasteiger partial charge in [-0.2, -0.15) is 5.10 Å². The maximum atomic E-state index is 13.9. The fourth-order valence-electron chi connectivity index (χ4n) is 3.97. The largest absolute Gasteiger partial charge is 0.467 e. The molecule has 1 aliphatic carbocycles. The molecule has 6 nitrogen and oxygen atoms in total. The summed E-state index contributed by atoms with van der Waals surface area (Å²) in [6, 6.07) is 7.47. The number of carbonyl (C=O) groups excluding carboxylic acids is 1. The quantitative estimate of drug-likeness (QED) is 0.673. The number of aromatic nitrogens is 2. The Kier molecular flexibility index (Phi) is 5.67. The van der Waals surface area contributed by atoms with Crippen molar-refractivity contribution in [2.45, 2.75) is 38.4 Å². The first kappa shape index (κ1) is 20.3. The lowest BCUT2D eigenvalue weighted by molar-refractivity contribution is 0.0767. The van der Waals surface area contributed by atoms with E-state index in [-0.39, 0.29) is 24.1 Å². The second-order valence-electron chi connectivity index (χ2n) is 7.66. The number of furan rings is 1. The highest BCUT2D eigenvalue weighted by Crippen LogP contribution is 2.26. The molecule has 0 spiro atoms. The van der Waals surface area contributed by atoms with E-state index in [9.17, 15) is 13.6 Å². The molecule has 3 aromatic rings. The third kappa shape index (κ3) is 4.00. The van der Waals surface area contributed by atoms with Gasteiger partial charge in [-0.15, -0.1) is 0 Å². The molecular formula is C22H24F2N4O2. The van der Waals surface area contributed by atoms with Crippen molar-refractivity contribution < 1.29 is 18.0 Å². The predicted molar refractivity (Wildman–Crippen MR) is 107 cm³/mol. The van der Waals surface area contributed by atoms with Crippen LogP contribution in [-0.4, -0.2) is 33.7 Å². The average molecular weight is 414 g/mol. The Balaban J connectivity index is 1.48. The van der Waals surface area contributed by atoms with E-state index in [1.807, 2.05) is 13.1 Å². The number of amides is 1. The maximum absolute atomic E-state index is 13.9. The summed E-state index contributed by atoms with van der Waals surface area (Å²) in [4.78, 5) is 14.6. The summed E-state index contributed by atoms with van der Waals surface area (Å²) in [5.74, 6) is -0.599. The Labute approximate surface area is 173 Å². The number of carbonyl (C=O) groups is 1. The monoisotopic (exact) mass is 414 g/mol. The van der Waals surface area contributed by atoms with Gasteiger partial charge in [-0.1, -0.05) is 6.07 Å². The molecule has 158 valence electrons. The van der Waals surface area contributed by atoms with Crippen molar-refractivity contribution in [1.29, 1.82) is 0 Å². The third-order valence-corrected chi connectivity index (χ3v) is 5.61. The SMILES string of the molecule is CN(Cc1ccco1)C(=O)c1nn(C)c2c1C[C@@H](NCc1c(F)cccc1F)CC2. The second kappa shape index (κ2) is 8.39. The lowest BCUT2D eigenvalue weighted by Crippen LogP contribution is -2.36. The molecule has 4 rings (SSSR count). The second-order valence-corrected chi connectivity index (χ2v) is 7.66. The Morgan fingerprint density at radius 2 is 2.07 bits per heavy atom. The number of nitrogens with one attached hydrogen (secondary N) is 1. The number of aryl methyl sites for hydroxylation is 1. The van der Waals surface area contributed by atoms with Crippen LogP contribution in [0.5, 0.6) is 0 Å². The van der Waals surface area contributed by atoms with Crippen LogP contribution in [0.4, 0.5) is 8.78 Å². The minimum Gasteiger partial charge on any atom is -0.467 e. The van der Waals surface area contributed by atoms with Gasteiger partial charge in [-0.3, -0.25) is 9.48 Å². The first-order chi connectivity index (χ1) is 14.4. The lowest BCUT2D eigenvalue weighted by Gasteiger charge is -2.25. The number of hydrogen-bond donors (Lipinski definition) is 1. The van der Waals surface area contributed by atoms with Crippen LogP contribution >= 0.6 is 0 Å². The summed E-state index contributed by atoms with van der Waals surface area (Å²) in [5, 5.41) is 7.72. The molecule has 2 aromatic heterocycles. The van der Waals surface area contributed by atoms with Crippen LogP contribution in [0, 0.1) is 11.6 Å². The van der Waals surface area contributed by atoms with Crippen LogP contribution < -0.4 is 5.32 Å². The number of fused-ring (bicyclic) bond motifs is 1. The van der Waals surface area contributed by atoms with Gasteiger partial charge in [0, 0.05) is 43.5 Å². The number of halogens is 2. The molecule has 1 aromatic carbocycles. The van der Waals surface area contributed by atoms with Crippen molar-refractivity contribution in [3.05, 3.63) is 76.5 Å². The fourth-order valence-corrected chi connectivity index (χ4v) is 3.97. The molecule has 30 heavy (non-hydrogen) atoms. The van der Waals surface area contributed by atoms with Crippen LogP contribution in [0.3, 0.4) is 0 Å². The van der Waals surface area contributed by atoms with Crippen LogP contribution in [0.15, 0.2) is 41.0 Å². The van der Waals surface area contributed by atoms with Gasteiger partial charge in [0.25, 0.3) is 5.91 Å². The van der Waals surface area contributed by atoms with Gasteiger partial charge in [-0.05, 0) is 43.5 Å². The first-order valence-electron chi connectivity index (χ1n) is 9.93. The van der Waals surface area contributed by atoms with Crippen molar-refractivity contribution in [2.75, 3.05) is 7.05 Å². The zero-order valence-electron chi connectivity index (χ0n) is 17.0. The molecule has 2 heterocycles. The van der Waals surface area contributed by atoms with E-state index in [4.69, 9.17) is 4.42 Å². The van der Waals surface area contributed by atoms with Crippen LogP contribution in [-0.2, 0) is 33.0 Å². The summed E-state index contributed by atoms with van der Waals surface area (Å²) in [7, 11) is 3.55. The molecule has 1 amide bonds. The Bertz CT molecular complexity index is 1030. The zero-order valence-corrected chi connectivity index (χ0v) is 17.0. The number of benzene rings is 1. The molecule has 1 N–H and O–H groups in total. The van der Waals surface area contributed by atoms with E-state index < -0.39 is 11.6 Å². The normalized spacial score (nSPS) is 15.8. The van der Waals surface area contributed by atoms with E-state index in [2.05, 4.69) is 10.4 Å². The first-order valence-corrected chi connectivity index (χ1v) is 9.93. The summed E-state index contributed by atoms with van der Waals surface area (Å²) in [6.07, 6.45) is 3.70. The van der Waals surface area contributed by atoms with Crippen molar-refractivity contribution in [3.63, 3.8) is 0 Å². The molecule has 0 fully saturated rings. The van der Waals surface area contributed by atoms with Gasteiger partial charge in [0.1, 0.15) is 17.4 Å². The van der Waals surface area contributed by atoms with E-state index >= 15 is 0 Å². The molecule has 0 saturated carbocycles. The minimum absolute atomic E-state index is 0.00244. The van der Waals surface area contributed by atoms with E-state index in [0.29, 0.717) is 24.4 Å². The van der Waals surface area contributed by atoms with Crippen molar-refractivity contribution in [2.24, 2.45) is 7.05 Å². The van der Waals surface area contributed by atoms with Gasteiger partial charge in [0.2, 0.25) is 0 Å². The molecule has 1 aliphatic rings. The smallest absolute Gasteiger partial charge is 0.274 e. The highest BCUT2D eigenvalue weighted by molar-refractivity contribution is 5.94. The highest BCUT2D eigenvalue weighted by Gasteiger charge is 2.30. The molecule has 8 heteroatoms. The number of nitrogens with zero attached hydrogens (tertiary/aromatic N) is 3. The molecule has 0 unspecified atom stereocenters. The predicted octanol–water partition coefficient (Wildman–Crippen LogP) is 3.21. The van der Waals surface area contributed by atoms with Crippen LogP contribution in [0.2, 0.25) is 0 Å². The summed E-state index contributed by atoms with van der Waals surface area (Å²) in [5.41, 5.74) is 2.38. The Morgan fingerprint density at radius 1 is 1.30 bits per heavy atom. The van der Waals surface area contributed by atoms with Crippen LogP contribution in [0.1, 0.15) is 39.5 Å². The fraction of sp³-hybridized carbons (Fsp3) is 0.364. The third-order valence-electron chi connectivity index (χ3n) is 5.61. The van der Waals surface area contributed by atoms with Crippen LogP contribution in [0.25, 0.3) is 0 Å². The molecule has 0 bridgehead atoms. The van der Waals surface area contributed by atoms with E-state index in [0.717, 1.165) is 24.1 Å². The maximum Gasteiger partial charge on any atom is 0.274 e. The Hall–Kier alpha value is -3.00. The zero-order chi connectivity index (χ0) is 21.3. The molecular weight excluding hydrogens is 390 g/mol. The number of rotatable bonds is 6. The van der Waals surface area contributed by atoms with Gasteiger partial charge in [0.05, 0.1) is 12.8 Å². The van der Waals surface area contributed by atoms with E-state index in [1.165, 1.54) is 18.2 Å². The van der Waals surface area contributed by atoms with Gasteiger partial charge in [-0.25, -0.2) is 8.78 Å². The molecule has 1 atom stereocenters. The van der Waals surface area contributed by atoms with Gasteiger partial charge in [0.15, 0.2) is 5.69 Å². The molecule has 0 saturated heterocycles. The standard InChI is InChI=1S/C22H24F2N4O2/c1-27(13-15-5-4-10-30-15)22(29)21-16-11-14(8-9-20(16)28(2)26-21)25-12-17-18(23)6-3-7-19(17)24/h3-7,10,14,25H,8-9,11-13H2,1-2H3/t14-/m0/s1. The topological polar surface area (TPSA) is 63.3 Å². The molecule has 0 aliphatic heterocycles. The Morgan fingerprint density at radius 3 is 2.77 bits per heavy atom. The average Bonchev–Trinajstić information content (AvgIpc) is 3.35. The summed E-state index contributed by atoms with van der Waals surface area (Å²) < 4.78 is 34.9. The van der Waals surface area contributed by atoms with Gasteiger partial charge >= 0.3 is 0 Å². The number of hydrogen-bond acceptors (Lipinski definition) is 4. The van der Waals surface area contributed by atoms with E-state index in [1.54, 1.807) is 29.0 Å². The summed E-state index contributed by atoms with van der Waals surface area (Å²) in [6.45, 7) is 0.450. The van der Waals surface area contributed by atoms with Crippen molar-refractivity contribution >= 4 is 5.91 Å².